The van der Waals surface area contributed by atoms with E-state index in [0.717, 1.165) is 11.1 Å². The molecular formula is C21H20N2O5. The number of hydrogen-bond acceptors (Lipinski definition) is 6. The summed E-state index contributed by atoms with van der Waals surface area (Å²) in [6.45, 7) is 0.594. The van der Waals surface area contributed by atoms with Gasteiger partial charge in [-0.2, -0.15) is 5.26 Å². The predicted molar refractivity (Wildman–Crippen MR) is 100 cm³/mol. The van der Waals surface area contributed by atoms with Gasteiger partial charge in [0.1, 0.15) is 0 Å². The number of hydrogen-bond donors (Lipinski definition) is 0. The van der Waals surface area contributed by atoms with Crippen LogP contribution in [0.2, 0.25) is 0 Å². The van der Waals surface area contributed by atoms with Gasteiger partial charge in [0, 0.05) is 13.1 Å². The van der Waals surface area contributed by atoms with Gasteiger partial charge in [0.2, 0.25) is 0 Å². The Morgan fingerprint density at radius 1 is 1.11 bits per heavy atom. The number of esters is 1. The highest BCUT2D eigenvalue weighted by molar-refractivity contribution is 5.91. The van der Waals surface area contributed by atoms with Gasteiger partial charge in [0.15, 0.2) is 18.1 Å². The molecule has 2 aromatic rings. The SMILES string of the molecule is COc1cc2c(cc1OC)CN(C(=O)COC(=O)c1cccc(C#N)c1)CC2. The number of carbonyl (C=O) groups is 2. The predicted octanol–water partition coefficient (Wildman–Crippen LogP) is 2.32. The van der Waals surface area contributed by atoms with Crippen molar-refractivity contribution in [2.24, 2.45) is 0 Å². The Morgan fingerprint density at radius 2 is 1.82 bits per heavy atom. The van der Waals surface area contributed by atoms with E-state index in [4.69, 9.17) is 19.5 Å². The Kier molecular flexibility index (Phi) is 5.80. The Hall–Kier alpha value is -3.53. The number of methoxy groups -OCH3 is 2. The zero-order chi connectivity index (χ0) is 20.1. The summed E-state index contributed by atoms with van der Waals surface area (Å²) in [5, 5.41) is 8.90. The second-order valence-electron chi connectivity index (χ2n) is 6.31. The first-order chi connectivity index (χ1) is 13.5. The maximum atomic E-state index is 12.5. The topological polar surface area (TPSA) is 88.9 Å². The first-order valence-corrected chi connectivity index (χ1v) is 8.74. The molecule has 0 N–H and O–H groups in total. The Bertz CT molecular complexity index is 948. The molecule has 144 valence electrons. The zero-order valence-electron chi connectivity index (χ0n) is 15.7. The Balaban J connectivity index is 1.63. The third-order valence-electron chi connectivity index (χ3n) is 4.62. The van der Waals surface area contributed by atoms with Crippen molar-refractivity contribution in [3.63, 3.8) is 0 Å². The molecule has 2 aromatic carbocycles. The van der Waals surface area contributed by atoms with Gasteiger partial charge < -0.3 is 19.1 Å². The molecule has 0 saturated carbocycles. The number of fused-ring (bicyclic) bond motifs is 1. The molecular weight excluding hydrogens is 360 g/mol. The van der Waals surface area contributed by atoms with E-state index in [2.05, 4.69) is 0 Å². The minimum atomic E-state index is -0.630. The number of amides is 1. The molecule has 0 unspecified atom stereocenters. The average molecular weight is 380 g/mol. The average Bonchev–Trinajstić information content (AvgIpc) is 2.75. The van der Waals surface area contributed by atoms with Crippen LogP contribution in [0.4, 0.5) is 0 Å². The van der Waals surface area contributed by atoms with Crippen molar-refractivity contribution >= 4 is 11.9 Å². The lowest BCUT2D eigenvalue weighted by atomic mass is 9.99. The van der Waals surface area contributed by atoms with Crippen LogP contribution in [-0.4, -0.2) is 44.1 Å². The summed E-state index contributed by atoms with van der Waals surface area (Å²) < 4.78 is 15.8. The number of benzene rings is 2. The molecule has 0 radical (unpaired) electrons. The van der Waals surface area contributed by atoms with Crippen LogP contribution in [0, 0.1) is 11.3 Å². The third-order valence-corrected chi connectivity index (χ3v) is 4.62. The molecule has 3 rings (SSSR count). The number of nitrogens with zero attached hydrogens (tertiary/aromatic N) is 2. The number of ether oxygens (including phenoxy) is 3. The van der Waals surface area contributed by atoms with E-state index < -0.39 is 5.97 Å². The van der Waals surface area contributed by atoms with E-state index in [9.17, 15) is 9.59 Å². The molecule has 0 bridgehead atoms. The fourth-order valence-electron chi connectivity index (χ4n) is 3.11. The molecule has 1 heterocycles. The maximum absolute atomic E-state index is 12.5. The highest BCUT2D eigenvalue weighted by Crippen LogP contribution is 2.33. The van der Waals surface area contributed by atoms with Crippen molar-refractivity contribution in [2.45, 2.75) is 13.0 Å². The Labute approximate surface area is 163 Å². The van der Waals surface area contributed by atoms with Crippen molar-refractivity contribution < 1.29 is 23.8 Å². The number of rotatable bonds is 5. The zero-order valence-corrected chi connectivity index (χ0v) is 15.7. The summed E-state index contributed by atoms with van der Waals surface area (Å²) >= 11 is 0. The fraction of sp³-hybridized carbons (Fsp3) is 0.286. The summed E-state index contributed by atoms with van der Waals surface area (Å²) in [6.07, 6.45) is 0.680. The van der Waals surface area contributed by atoms with Crippen molar-refractivity contribution in [1.29, 1.82) is 5.26 Å². The molecule has 0 aliphatic carbocycles. The molecule has 0 spiro atoms. The van der Waals surface area contributed by atoms with Crippen LogP contribution in [0.3, 0.4) is 0 Å². The van der Waals surface area contributed by atoms with Crippen molar-refractivity contribution in [3.05, 3.63) is 58.7 Å². The maximum Gasteiger partial charge on any atom is 0.338 e. The van der Waals surface area contributed by atoms with Crippen molar-refractivity contribution in [3.8, 4) is 17.6 Å². The van der Waals surface area contributed by atoms with Crippen LogP contribution in [0.5, 0.6) is 11.5 Å². The lowest BCUT2D eigenvalue weighted by Crippen LogP contribution is -2.38. The van der Waals surface area contributed by atoms with E-state index in [1.807, 2.05) is 18.2 Å². The minimum absolute atomic E-state index is 0.243. The second kappa shape index (κ2) is 8.44. The summed E-state index contributed by atoms with van der Waals surface area (Å²) in [5.74, 6) is 0.369. The molecule has 7 nitrogen and oxygen atoms in total. The third kappa shape index (κ3) is 4.07. The summed E-state index contributed by atoms with van der Waals surface area (Å²) in [7, 11) is 3.15. The molecule has 7 heteroatoms. The van der Waals surface area contributed by atoms with Gasteiger partial charge in [0.05, 0.1) is 31.4 Å². The van der Waals surface area contributed by atoms with Crippen LogP contribution in [0.25, 0.3) is 0 Å². The summed E-state index contributed by atoms with van der Waals surface area (Å²) in [5.41, 5.74) is 2.68. The first-order valence-electron chi connectivity index (χ1n) is 8.74. The van der Waals surface area contributed by atoms with Crippen molar-refractivity contribution in [1.82, 2.24) is 4.90 Å². The second-order valence-corrected chi connectivity index (χ2v) is 6.31. The lowest BCUT2D eigenvalue weighted by Gasteiger charge is -2.29. The van der Waals surface area contributed by atoms with E-state index >= 15 is 0 Å². The van der Waals surface area contributed by atoms with Gasteiger partial charge in [-0.05, 0) is 47.9 Å². The standard InChI is InChI=1S/C21H20N2O5/c1-26-18-9-15-6-7-23(12-17(15)10-19(18)27-2)20(24)13-28-21(25)16-5-3-4-14(8-16)11-22/h3-5,8-10H,6-7,12-13H2,1-2H3. The highest BCUT2D eigenvalue weighted by atomic mass is 16.5. The molecule has 1 aliphatic rings. The van der Waals surface area contributed by atoms with Gasteiger partial charge in [-0.3, -0.25) is 4.79 Å². The first kappa shape index (κ1) is 19.2. The molecule has 1 amide bonds. The molecule has 0 aromatic heterocycles. The molecule has 0 fully saturated rings. The summed E-state index contributed by atoms with van der Waals surface area (Å²) in [6, 6.07) is 11.9. The highest BCUT2D eigenvalue weighted by Gasteiger charge is 2.23. The van der Waals surface area contributed by atoms with Crippen molar-refractivity contribution in [2.75, 3.05) is 27.4 Å². The molecule has 0 atom stereocenters. The quantitative estimate of drug-likeness (QED) is 0.740. The van der Waals surface area contributed by atoms with Gasteiger partial charge in [-0.1, -0.05) is 6.07 Å². The van der Waals surface area contributed by atoms with E-state index in [1.165, 1.54) is 6.07 Å². The van der Waals surface area contributed by atoms with Crippen LogP contribution in [0.1, 0.15) is 27.0 Å². The van der Waals surface area contributed by atoms with Crippen LogP contribution >= 0.6 is 0 Å². The summed E-state index contributed by atoms with van der Waals surface area (Å²) in [4.78, 5) is 26.3. The molecule has 28 heavy (non-hydrogen) atoms. The van der Waals surface area contributed by atoms with Gasteiger partial charge >= 0.3 is 5.97 Å². The van der Waals surface area contributed by atoms with E-state index in [1.54, 1.807) is 37.3 Å². The van der Waals surface area contributed by atoms with Gasteiger partial charge in [0.25, 0.3) is 5.91 Å². The smallest absolute Gasteiger partial charge is 0.338 e. The lowest BCUT2D eigenvalue weighted by molar-refractivity contribution is -0.135. The number of carbonyl (C=O) groups excluding carboxylic acids is 2. The van der Waals surface area contributed by atoms with Crippen LogP contribution < -0.4 is 9.47 Å². The minimum Gasteiger partial charge on any atom is -0.493 e. The van der Waals surface area contributed by atoms with Crippen LogP contribution in [0.15, 0.2) is 36.4 Å². The molecule has 0 saturated heterocycles. The Morgan fingerprint density at radius 3 is 2.50 bits per heavy atom. The van der Waals surface area contributed by atoms with Crippen LogP contribution in [-0.2, 0) is 22.5 Å². The van der Waals surface area contributed by atoms with Gasteiger partial charge in [-0.25, -0.2) is 4.79 Å². The largest absolute Gasteiger partial charge is 0.493 e. The monoisotopic (exact) mass is 380 g/mol. The molecule has 1 aliphatic heterocycles. The van der Waals surface area contributed by atoms with Gasteiger partial charge in [-0.15, -0.1) is 0 Å². The fourth-order valence-corrected chi connectivity index (χ4v) is 3.11. The van der Waals surface area contributed by atoms with E-state index in [0.29, 0.717) is 36.6 Å². The normalized spacial score (nSPS) is 12.5. The number of nitriles is 1. The van der Waals surface area contributed by atoms with E-state index in [-0.39, 0.29) is 18.1 Å².